The van der Waals surface area contributed by atoms with E-state index in [-0.39, 0.29) is 23.5 Å². The van der Waals surface area contributed by atoms with Crippen LogP contribution in [0.15, 0.2) is 18.2 Å². The molecule has 0 aromatic heterocycles. The van der Waals surface area contributed by atoms with Gasteiger partial charge in [-0.2, -0.15) is 13.2 Å². The van der Waals surface area contributed by atoms with Gasteiger partial charge in [-0.15, -0.1) is 0 Å². The van der Waals surface area contributed by atoms with E-state index in [4.69, 9.17) is 5.73 Å². The molecule has 0 atom stereocenters. The first-order valence-corrected chi connectivity index (χ1v) is 7.90. The number of sulfonamides is 1. The molecule has 0 bridgehead atoms. The molecule has 0 amide bonds. The molecule has 3 N–H and O–H groups in total. The lowest BCUT2D eigenvalue weighted by Gasteiger charge is -2.20. The zero-order valence-electron chi connectivity index (χ0n) is 12.1. The summed E-state index contributed by atoms with van der Waals surface area (Å²) in [5, 5.41) is 0. The maximum absolute atomic E-state index is 12.6. The molecule has 0 aliphatic rings. The van der Waals surface area contributed by atoms with Crippen molar-refractivity contribution in [3.05, 3.63) is 29.3 Å². The van der Waals surface area contributed by atoms with Crippen LogP contribution in [0.5, 0.6) is 0 Å². The van der Waals surface area contributed by atoms with Gasteiger partial charge in [0.25, 0.3) is 0 Å². The second kappa shape index (κ2) is 5.84. The highest BCUT2D eigenvalue weighted by Gasteiger charge is 2.31. The summed E-state index contributed by atoms with van der Waals surface area (Å²) in [7, 11) is -3.66. The van der Waals surface area contributed by atoms with Crippen LogP contribution >= 0.6 is 0 Å². The summed E-state index contributed by atoms with van der Waals surface area (Å²) < 4.78 is 64.1. The van der Waals surface area contributed by atoms with E-state index in [1.165, 1.54) is 0 Å². The Hall–Kier alpha value is -1.28. The van der Waals surface area contributed by atoms with Gasteiger partial charge in [0, 0.05) is 6.54 Å². The Labute approximate surface area is 122 Å². The second-order valence-electron chi connectivity index (χ2n) is 6.00. The van der Waals surface area contributed by atoms with Gasteiger partial charge in [0.1, 0.15) is 0 Å². The van der Waals surface area contributed by atoms with E-state index in [2.05, 4.69) is 4.72 Å². The van der Waals surface area contributed by atoms with Gasteiger partial charge in [-0.1, -0.05) is 20.8 Å². The fourth-order valence-corrected chi connectivity index (χ4v) is 3.56. The Morgan fingerprint density at radius 1 is 1.19 bits per heavy atom. The number of alkyl halides is 3. The van der Waals surface area contributed by atoms with Gasteiger partial charge < -0.3 is 5.73 Å². The summed E-state index contributed by atoms with van der Waals surface area (Å²) in [6.07, 6.45) is -4.49. The molecule has 120 valence electrons. The van der Waals surface area contributed by atoms with E-state index in [1.807, 2.05) is 0 Å². The van der Waals surface area contributed by atoms with Gasteiger partial charge >= 0.3 is 6.18 Å². The topological polar surface area (TPSA) is 72.2 Å². The van der Waals surface area contributed by atoms with Crippen LogP contribution in [-0.2, 0) is 22.7 Å². The predicted molar refractivity (Wildman–Crippen MR) is 76.2 cm³/mol. The van der Waals surface area contributed by atoms with Crippen LogP contribution in [0.2, 0.25) is 0 Å². The third-order valence-corrected chi connectivity index (χ3v) is 4.32. The molecule has 4 nitrogen and oxygen atoms in total. The van der Waals surface area contributed by atoms with Crippen molar-refractivity contribution < 1.29 is 21.6 Å². The average molecular weight is 324 g/mol. The van der Waals surface area contributed by atoms with Crippen molar-refractivity contribution in [1.82, 2.24) is 0 Å². The van der Waals surface area contributed by atoms with Crippen molar-refractivity contribution in [2.45, 2.75) is 33.5 Å². The molecule has 0 fully saturated rings. The third-order valence-electron chi connectivity index (χ3n) is 2.54. The number of hydrogen-bond acceptors (Lipinski definition) is 3. The average Bonchev–Trinajstić information content (AvgIpc) is 2.23. The third kappa shape index (κ3) is 5.55. The Bertz CT molecular complexity index is 605. The number of hydrogen-bond donors (Lipinski definition) is 2. The highest BCUT2D eigenvalue weighted by atomic mass is 32.2. The Morgan fingerprint density at radius 2 is 1.76 bits per heavy atom. The number of nitrogens with one attached hydrogen (secondary N) is 1. The van der Waals surface area contributed by atoms with Crippen LogP contribution in [0.3, 0.4) is 0 Å². The minimum Gasteiger partial charge on any atom is -0.326 e. The molecule has 0 aliphatic carbocycles. The van der Waals surface area contributed by atoms with Gasteiger partial charge in [-0.25, -0.2) is 8.42 Å². The van der Waals surface area contributed by atoms with Crippen LogP contribution < -0.4 is 10.5 Å². The summed E-state index contributed by atoms with van der Waals surface area (Å²) in [6, 6.07) is 2.77. The van der Waals surface area contributed by atoms with Gasteiger partial charge in [-0.05, 0) is 29.2 Å². The molecule has 0 heterocycles. The van der Waals surface area contributed by atoms with E-state index in [0.29, 0.717) is 0 Å². The molecule has 0 saturated heterocycles. The minimum atomic E-state index is -4.49. The van der Waals surface area contributed by atoms with E-state index < -0.39 is 27.2 Å². The molecule has 8 heteroatoms. The molecule has 0 aliphatic heterocycles. The SMILES string of the molecule is CC(C)(C)CS(=O)(=O)Nc1ccc(C(F)(F)F)cc1CN. The first-order chi connectivity index (χ1) is 9.34. The fraction of sp³-hybridized carbons (Fsp3) is 0.538. The summed E-state index contributed by atoms with van der Waals surface area (Å²) in [5.41, 5.74) is 4.25. The van der Waals surface area contributed by atoms with Crippen molar-refractivity contribution in [3.8, 4) is 0 Å². The predicted octanol–water partition coefficient (Wildman–Crippen LogP) is 2.95. The van der Waals surface area contributed by atoms with Crippen LogP contribution in [-0.4, -0.2) is 14.2 Å². The lowest BCUT2D eigenvalue weighted by molar-refractivity contribution is -0.137. The molecule has 0 spiro atoms. The molecule has 1 aromatic rings. The normalized spacial score (nSPS) is 13.3. The number of nitrogens with two attached hydrogens (primary N) is 1. The van der Waals surface area contributed by atoms with E-state index in [9.17, 15) is 21.6 Å². The Kier molecular flexibility index (Phi) is 4.94. The summed E-state index contributed by atoms with van der Waals surface area (Å²) in [5.74, 6) is -0.148. The lowest BCUT2D eigenvalue weighted by Crippen LogP contribution is -2.26. The smallest absolute Gasteiger partial charge is 0.326 e. The molecule has 1 rings (SSSR count). The molecule has 21 heavy (non-hydrogen) atoms. The maximum atomic E-state index is 12.6. The first kappa shape index (κ1) is 17.8. The van der Waals surface area contributed by atoms with Gasteiger partial charge in [0.05, 0.1) is 17.0 Å². The van der Waals surface area contributed by atoms with Crippen molar-refractivity contribution in [3.63, 3.8) is 0 Å². The van der Waals surface area contributed by atoms with E-state index >= 15 is 0 Å². The lowest BCUT2D eigenvalue weighted by atomic mass is 10.0. The molecule has 0 unspecified atom stereocenters. The molecular weight excluding hydrogens is 305 g/mol. The highest BCUT2D eigenvalue weighted by Crippen LogP contribution is 2.32. The number of rotatable bonds is 4. The summed E-state index contributed by atoms with van der Waals surface area (Å²) >= 11 is 0. The summed E-state index contributed by atoms with van der Waals surface area (Å²) in [4.78, 5) is 0. The van der Waals surface area contributed by atoms with Crippen LogP contribution in [0.25, 0.3) is 0 Å². The number of benzene rings is 1. The van der Waals surface area contributed by atoms with Crippen molar-refractivity contribution in [2.75, 3.05) is 10.5 Å². The second-order valence-corrected chi connectivity index (χ2v) is 7.72. The fourth-order valence-electron chi connectivity index (χ4n) is 1.81. The number of halogens is 3. The monoisotopic (exact) mass is 324 g/mol. The highest BCUT2D eigenvalue weighted by molar-refractivity contribution is 7.92. The van der Waals surface area contributed by atoms with Crippen molar-refractivity contribution in [2.24, 2.45) is 11.1 Å². The zero-order chi connectivity index (χ0) is 16.5. The quantitative estimate of drug-likeness (QED) is 0.894. The van der Waals surface area contributed by atoms with E-state index in [0.717, 1.165) is 18.2 Å². The number of anilines is 1. The maximum Gasteiger partial charge on any atom is 0.416 e. The molecule has 0 saturated carbocycles. The largest absolute Gasteiger partial charge is 0.416 e. The molecular formula is C13H19F3N2O2S. The zero-order valence-corrected chi connectivity index (χ0v) is 12.9. The first-order valence-electron chi connectivity index (χ1n) is 6.25. The van der Waals surface area contributed by atoms with Crippen LogP contribution in [0.4, 0.5) is 18.9 Å². The van der Waals surface area contributed by atoms with E-state index in [1.54, 1.807) is 20.8 Å². The molecule has 0 radical (unpaired) electrons. The Balaban J connectivity index is 3.10. The van der Waals surface area contributed by atoms with Crippen molar-refractivity contribution >= 4 is 15.7 Å². The van der Waals surface area contributed by atoms with Gasteiger partial charge in [0.2, 0.25) is 10.0 Å². The van der Waals surface area contributed by atoms with Gasteiger partial charge in [-0.3, -0.25) is 4.72 Å². The standard InChI is InChI=1S/C13H19F3N2O2S/c1-12(2,3)8-21(19,20)18-11-5-4-10(13(14,15)16)6-9(11)7-17/h4-6,18H,7-8,17H2,1-3H3. The minimum absolute atomic E-state index is 0.0785. The Morgan fingerprint density at radius 3 is 2.19 bits per heavy atom. The van der Waals surface area contributed by atoms with Crippen LogP contribution in [0, 0.1) is 5.41 Å². The van der Waals surface area contributed by atoms with Gasteiger partial charge in [0.15, 0.2) is 0 Å². The summed E-state index contributed by atoms with van der Waals surface area (Å²) in [6.45, 7) is 5.06. The van der Waals surface area contributed by atoms with Crippen LogP contribution in [0.1, 0.15) is 31.9 Å². The van der Waals surface area contributed by atoms with Crippen molar-refractivity contribution in [1.29, 1.82) is 0 Å². The molecule has 1 aromatic carbocycles.